The lowest BCUT2D eigenvalue weighted by atomic mass is 10.3. The van der Waals surface area contributed by atoms with Crippen LogP contribution in [-0.2, 0) is 16.1 Å². The fraction of sp³-hybridized carbons (Fsp3) is 0.478. The van der Waals surface area contributed by atoms with E-state index in [1.54, 1.807) is 6.26 Å². The average Bonchev–Trinajstić information content (AvgIpc) is 3.27. The maximum absolute atomic E-state index is 11.9. The highest BCUT2D eigenvalue weighted by molar-refractivity contribution is 14.0. The fourth-order valence-electron chi connectivity index (χ4n) is 2.59. The van der Waals surface area contributed by atoms with Crippen LogP contribution in [0.25, 0.3) is 0 Å². The summed E-state index contributed by atoms with van der Waals surface area (Å²) in [4.78, 5) is 16.3. The van der Waals surface area contributed by atoms with Crippen molar-refractivity contribution in [2.75, 3.05) is 31.6 Å². The van der Waals surface area contributed by atoms with Crippen molar-refractivity contribution < 1.29 is 18.7 Å². The number of rotatable bonds is 13. The molecule has 1 amide bonds. The number of nitrogens with one attached hydrogen (secondary N) is 3. The summed E-state index contributed by atoms with van der Waals surface area (Å²) >= 11 is 0. The molecule has 1 aromatic heterocycles. The summed E-state index contributed by atoms with van der Waals surface area (Å²) < 4.78 is 16.5. The minimum Gasteiger partial charge on any atom is -0.491 e. The highest BCUT2D eigenvalue weighted by Crippen LogP contribution is 2.16. The van der Waals surface area contributed by atoms with Crippen LogP contribution in [0, 0.1) is 0 Å². The smallest absolute Gasteiger partial charge is 0.241 e. The molecule has 2 rings (SSSR count). The Kier molecular flexibility index (Phi) is 14.2. The zero-order valence-electron chi connectivity index (χ0n) is 19.1. The molecule has 0 aliphatic carbocycles. The third-order valence-electron chi connectivity index (χ3n) is 4.02. The topological polar surface area (TPSA) is 97.1 Å². The Bertz CT molecular complexity index is 780. The van der Waals surface area contributed by atoms with Gasteiger partial charge in [-0.2, -0.15) is 0 Å². The Morgan fingerprint density at radius 1 is 1.12 bits per heavy atom. The van der Waals surface area contributed by atoms with Gasteiger partial charge in [-0.1, -0.05) is 6.92 Å². The van der Waals surface area contributed by atoms with Crippen molar-refractivity contribution in [2.24, 2.45) is 4.99 Å². The number of carbonyl (C=O) groups is 1. The number of carbonyl (C=O) groups excluding carboxylic acids is 1. The molecule has 0 saturated carbocycles. The minimum atomic E-state index is -0.106. The van der Waals surface area contributed by atoms with E-state index < -0.39 is 0 Å². The second kappa shape index (κ2) is 16.4. The van der Waals surface area contributed by atoms with E-state index in [4.69, 9.17) is 13.9 Å². The zero-order chi connectivity index (χ0) is 22.3. The molecule has 0 spiro atoms. The van der Waals surface area contributed by atoms with Crippen molar-refractivity contribution in [3.63, 3.8) is 0 Å². The van der Waals surface area contributed by atoms with E-state index in [9.17, 15) is 4.79 Å². The number of hydrogen-bond donors (Lipinski definition) is 3. The van der Waals surface area contributed by atoms with Crippen LogP contribution in [0.1, 0.15) is 39.4 Å². The van der Waals surface area contributed by atoms with Crippen molar-refractivity contribution in [3.05, 3.63) is 48.4 Å². The molecule has 3 N–H and O–H groups in total. The van der Waals surface area contributed by atoms with Gasteiger partial charge in [0.25, 0.3) is 0 Å². The van der Waals surface area contributed by atoms with Crippen molar-refractivity contribution in [3.8, 4) is 5.75 Å². The molecule has 0 aliphatic rings. The molecule has 0 unspecified atom stereocenters. The van der Waals surface area contributed by atoms with Crippen LogP contribution in [-0.4, -0.2) is 44.2 Å². The molecule has 0 fully saturated rings. The normalized spacial score (nSPS) is 11.1. The van der Waals surface area contributed by atoms with Gasteiger partial charge in [-0.15, -0.1) is 24.0 Å². The molecule has 0 saturated heterocycles. The molecule has 9 heteroatoms. The summed E-state index contributed by atoms with van der Waals surface area (Å²) in [5, 5.41) is 9.30. The van der Waals surface area contributed by atoms with Gasteiger partial charge < -0.3 is 29.8 Å². The van der Waals surface area contributed by atoms with E-state index >= 15 is 0 Å². The van der Waals surface area contributed by atoms with E-state index in [1.807, 2.05) is 57.2 Å². The first kappa shape index (κ1) is 27.8. The van der Waals surface area contributed by atoms with Crippen molar-refractivity contribution in [1.29, 1.82) is 0 Å². The van der Waals surface area contributed by atoms with Crippen LogP contribution in [0.4, 0.5) is 5.69 Å². The number of guanidine groups is 1. The largest absolute Gasteiger partial charge is 0.491 e. The number of hydrogen-bond acceptors (Lipinski definition) is 5. The second-order valence-corrected chi connectivity index (χ2v) is 7.24. The number of benzene rings is 1. The van der Waals surface area contributed by atoms with Crippen molar-refractivity contribution in [1.82, 2.24) is 10.6 Å². The number of amides is 1. The number of ether oxygens (including phenoxy) is 2. The number of anilines is 1. The first-order chi connectivity index (χ1) is 15.1. The van der Waals surface area contributed by atoms with E-state index in [0.717, 1.165) is 30.0 Å². The van der Waals surface area contributed by atoms with Crippen LogP contribution in [0.5, 0.6) is 5.75 Å². The Labute approximate surface area is 207 Å². The van der Waals surface area contributed by atoms with Gasteiger partial charge >= 0.3 is 0 Å². The highest BCUT2D eigenvalue weighted by Gasteiger charge is 2.05. The Hall–Kier alpha value is -2.27. The van der Waals surface area contributed by atoms with E-state index in [2.05, 4.69) is 20.9 Å². The van der Waals surface area contributed by atoms with Gasteiger partial charge in [0.2, 0.25) is 5.91 Å². The quantitative estimate of drug-likeness (QED) is 0.148. The molecule has 1 aromatic carbocycles. The summed E-state index contributed by atoms with van der Waals surface area (Å²) in [6, 6.07) is 11.4. The predicted octanol–water partition coefficient (Wildman–Crippen LogP) is 4.18. The summed E-state index contributed by atoms with van der Waals surface area (Å²) in [7, 11) is 0. The van der Waals surface area contributed by atoms with Crippen LogP contribution in [0.3, 0.4) is 0 Å². The molecule has 0 radical (unpaired) electrons. The van der Waals surface area contributed by atoms with Gasteiger partial charge in [0, 0.05) is 25.4 Å². The van der Waals surface area contributed by atoms with E-state index in [0.29, 0.717) is 32.3 Å². The van der Waals surface area contributed by atoms with Gasteiger partial charge in [0.15, 0.2) is 5.96 Å². The number of aliphatic imine (C=N–C) groups is 1. The summed E-state index contributed by atoms with van der Waals surface area (Å²) in [5.41, 5.74) is 0.852. The third kappa shape index (κ3) is 11.9. The van der Waals surface area contributed by atoms with E-state index in [1.165, 1.54) is 0 Å². The Morgan fingerprint density at radius 2 is 1.91 bits per heavy atom. The number of nitrogens with zero attached hydrogens (tertiary/aromatic N) is 1. The lowest BCUT2D eigenvalue weighted by molar-refractivity contribution is -0.119. The Balaban J connectivity index is 0.00000512. The van der Waals surface area contributed by atoms with Gasteiger partial charge in [-0.25, -0.2) is 4.99 Å². The molecule has 1 heterocycles. The maximum Gasteiger partial charge on any atom is 0.241 e. The lowest BCUT2D eigenvalue weighted by Gasteiger charge is -2.14. The van der Waals surface area contributed by atoms with Crippen molar-refractivity contribution in [2.45, 2.75) is 46.3 Å². The zero-order valence-corrected chi connectivity index (χ0v) is 21.4. The van der Waals surface area contributed by atoms with Gasteiger partial charge in [0.05, 0.1) is 12.4 Å². The van der Waals surface area contributed by atoms with Crippen molar-refractivity contribution >= 4 is 41.5 Å². The molecular formula is C23H35IN4O4. The monoisotopic (exact) mass is 558 g/mol. The lowest BCUT2D eigenvalue weighted by Crippen LogP contribution is -2.34. The molecular weight excluding hydrogens is 523 g/mol. The van der Waals surface area contributed by atoms with Crippen LogP contribution in [0.2, 0.25) is 0 Å². The molecule has 178 valence electrons. The molecule has 0 atom stereocenters. The molecule has 32 heavy (non-hydrogen) atoms. The molecule has 8 nitrogen and oxygen atoms in total. The number of furan rings is 1. The first-order valence-electron chi connectivity index (χ1n) is 10.8. The van der Waals surface area contributed by atoms with Gasteiger partial charge in [-0.05, 0) is 63.1 Å². The summed E-state index contributed by atoms with van der Waals surface area (Å²) in [6.07, 6.45) is 3.42. The first-order valence-corrected chi connectivity index (χ1v) is 10.8. The van der Waals surface area contributed by atoms with Gasteiger partial charge in [0.1, 0.15) is 24.7 Å². The number of halogens is 1. The molecule has 0 aliphatic heterocycles. The maximum atomic E-state index is 11.9. The standard InChI is InChI=1S/C23H34N4O4.HI/c1-4-12-24-22(28)16-26-23(25-13-6-14-29-17-21-7-5-15-30-21)27-19-8-10-20(11-9-19)31-18(2)3;/h5,7-11,15,18H,4,6,12-14,16-17H2,1-3H3,(H,24,28)(H2,25,26,27);1H. The summed E-state index contributed by atoms with van der Waals surface area (Å²) in [6.45, 7) is 8.38. The SMILES string of the molecule is CCCNC(=O)CN=C(NCCCOCc1ccco1)Nc1ccc(OC(C)C)cc1.I. The van der Waals surface area contributed by atoms with Crippen LogP contribution >= 0.6 is 24.0 Å². The third-order valence-corrected chi connectivity index (χ3v) is 4.02. The average molecular weight is 558 g/mol. The van der Waals surface area contributed by atoms with Gasteiger partial charge in [-0.3, -0.25) is 4.79 Å². The predicted molar refractivity (Wildman–Crippen MR) is 138 cm³/mol. The Morgan fingerprint density at radius 3 is 2.56 bits per heavy atom. The molecule has 0 bridgehead atoms. The molecule has 2 aromatic rings. The van der Waals surface area contributed by atoms with Crippen LogP contribution in [0.15, 0.2) is 52.1 Å². The summed E-state index contributed by atoms with van der Waals surface area (Å²) in [5.74, 6) is 2.04. The van der Waals surface area contributed by atoms with Crippen LogP contribution < -0.4 is 20.7 Å². The highest BCUT2D eigenvalue weighted by atomic mass is 127. The van der Waals surface area contributed by atoms with E-state index in [-0.39, 0.29) is 42.5 Å². The minimum absolute atomic E-state index is 0. The second-order valence-electron chi connectivity index (χ2n) is 7.24. The fourth-order valence-corrected chi connectivity index (χ4v) is 2.59.